The van der Waals surface area contributed by atoms with Gasteiger partial charge in [0, 0.05) is 17.7 Å². The summed E-state index contributed by atoms with van der Waals surface area (Å²) in [6.45, 7) is 3.50. The number of benzene rings is 1. The molecule has 0 aliphatic heterocycles. The Bertz CT molecular complexity index is 851. The van der Waals surface area contributed by atoms with Crippen LogP contribution in [0.15, 0.2) is 41.8 Å². The molecule has 2 rings (SSSR count). The SMILES string of the molecule is CC(C)[C@H](NC(=O)c1cccs1)C(=O)NNC(=O)c1cccc([N+](=O)[O-])c1. The van der Waals surface area contributed by atoms with Gasteiger partial charge in [0.15, 0.2) is 0 Å². The van der Waals surface area contributed by atoms with E-state index in [0.717, 1.165) is 6.07 Å². The maximum Gasteiger partial charge on any atom is 0.270 e. The summed E-state index contributed by atoms with van der Waals surface area (Å²) in [5.74, 6) is -1.93. The van der Waals surface area contributed by atoms with Crippen molar-refractivity contribution in [1.82, 2.24) is 16.2 Å². The van der Waals surface area contributed by atoms with Crippen LogP contribution in [0, 0.1) is 16.0 Å². The van der Waals surface area contributed by atoms with E-state index in [9.17, 15) is 24.5 Å². The van der Waals surface area contributed by atoms with E-state index < -0.39 is 22.8 Å². The third-order valence-electron chi connectivity index (χ3n) is 3.60. The first-order valence-electron chi connectivity index (χ1n) is 7.98. The number of rotatable bonds is 6. The average Bonchev–Trinajstić information content (AvgIpc) is 3.18. The lowest BCUT2D eigenvalue weighted by Gasteiger charge is -2.21. The molecule has 2 aromatic rings. The van der Waals surface area contributed by atoms with Crippen molar-refractivity contribution in [2.45, 2.75) is 19.9 Å². The van der Waals surface area contributed by atoms with Gasteiger partial charge in [0.1, 0.15) is 6.04 Å². The van der Waals surface area contributed by atoms with Crippen molar-refractivity contribution in [3.63, 3.8) is 0 Å². The highest BCUT2D eigenvalue weighted by molar-refractivity contribution is 7.12. The van der Waals surface area contributed by atoms with Gasteiger partial charge in [-0.2, -0.15) is 0 Å². The number of hydrogen-bond donors (Lipinski definition) is 3. The summed E-state index contributed by atoms with van der Waals surface area (Å²) in [7, 11) is 0. The maximum atomic E-state index is 12.4. The zero-order chi connectivity index (χ0) is 20.0. The van der Waals surface area contributed by atoms with Gasteiger partial charge in [0.2, 0.25) is 0 Å². The van der Waals surface area contributed by atoms with E-state index in [1.807, 2.05) is 0 Å². The Kier molecular flexibility index (Phi) is 6.61. The van der Waals surface area contributed by atoms with E-state index >= 15 is 0 Å². The van der Waals surface area contributed by atoms with Crippen LogP contribution >= 0.6 is 11.3 Å². The van der Waals surface area contributed by atoms with E-state index in [-0.39, 0.29) is 23.1 Å². The summed E-state index contributed by atoms with van der Waals surface area (Å²) in [6, 6.07) is 7.59. The van der Waals surface area contributed by atoms with Crippen LogP contribution in [0.2, 0.25) is 0 Å². The van der Waals surface area contributed by atoms with Crippen molar-refractivity contribution < 1.29 is 19.3 Å². The van der Waals surface area contributed by atoms with Gasteiger partial charge in [-0.15, -0.1) is 11.3 Å². The van der Waals surface area contributed by atoms with E-state index in [1.165, 1.54) is 29.5 Å². The minimum Gasteiger partial charge on any atom is -0.339 e. The molecule has 3 amide bonds. The monoisotopic (exact) mass is 390 g/mol. The van der Waals surface area contributed by atoms with E-state index in [4.69, 9.17) is 0 Å². The van der Waals surface area contributed by atoms with Crippen molar-refractivity contribution in [3.05, 3.63) is 62.3 Å². The molecule has 27 heavy (non-hydrogen) atoms. The first-order valence-corrected chi connectivity index (χ1v) is 8.86. The highest BCUT2D eigenvalue weighted by atomic mass is 32.1. The molecular formula is C17H18N4O5S. The second-order valence-electron chi connectivity index (χ2n) is 5.92. The zero-order valence-electron chi connectivity index (χ0n) is 14.6. The molecule has 10 heteroatoms. The molecule has 0 unspecified atom stereocenters. The Morgan fingerprint density at radius 2 is 1.81 bits per heavy atom. The summed E-state index contributed by atoms with van der Waals surface area (Å²) < 4.78 is 0. The van der Waals surface area contributed by atoms with Crippen LogP contribution in [0.1, 0.15) is 33.9 Å². The number of carbonyl (C=O) groups excluding carboxylic acids is 3. The molecule has 0 aliphatic carbocycles. The summed E-state index contributed by atoms with van der Waals surface area (Å²) in [4.78, 5) is 47.2. The summed E-state index contributed by atoms with van der Waals surface area (Å²) in [5.41, 5.74) is 4.22. The van der Waals surface area contributed by atoms with Gasteiger partial charge < -0.3 is 5.32 Å². The first-order chi connectivity index (χ1) is 12.8. The molecule has 1 aromatic carbocycles. The average molecular weight is 390 g/mol. The van der Waals surface area contributed by atoms with Crippen LogP contribution in [0.4, 0.5) is 5.69 Å². The number of hydrogen-bond acceptors (Lipinski definition) is 6. The molecule has 0 fully saturated rings. The Morgan fingerprint density at radius 1 is 1.07 bits per heavy atom. The molecule has 0 aliphatic rings. The molecule has 0 saturated heterocycles. The number of carbonyl (C=O) groups is 3. The number of hydrazine groups is 1. The molecule has 3 N–H and O–H groups in total. The number of nitrogens with zero attached hydrogens (tertiary/aromatic N) is 1. The van der Waals surface area contributed by atoms with Crippen molar-refractivity contribution >= 4 is 34.7 Å². The molecule has 1 heterocycles. The number of nitro benzene ring substituents is 1. The smallest absolute Gasteiger partial charge is 0.270 e. The third-order valence-corrected chi connectivity index (χ3v) is 4.47. The fraction of sp³-hybridized carbons (Fsp3) is 0.235. The van der Waals surface area contributed by atoms with Crippen molar-refractivity contribution in [2.75, 3.05) is 0 Å². The van der Waals surface area contributed by atoms with Crippen molar-refractivity contribution in [1.29, 1.82) is 0 Å². The van der Waals surface area contributed by atoms with Crippen LogP contribution in [-0.4, -0.2) is 28.7 Å². The first kappa shape index (κ1) is 20.0. The maximum absolute atomic E-state index is 12.4. The van der Waals surface area contributed by atoms with Gasteiger partial charge in [-0.3, -0.25) is 35.3 Å². The van der Waals surface area contributed by atoms with Gasteiger partial charge in [0.25, 0.3) is 23.4 Å². The molecule has 0 saturated carbocycles. The van der Waals surface area contributed by atoms with Crippen molar-refractivity contribution in [3.8, 4) is 0 Å². The lowest BCUT2D eigenvalue weighted by atomic mass is 10.0. The van der Waals surface area contributed by atoms with Crippen molar-refractivity contribution in [2.24, 2.45) is 5.92 Å². The second-order valence-corrected chi connectivity index (χ2v) is 6.87. The molecule has 1 aromatic heterocycles. The Balaban J connectivity index is 1.99. The van der Waals surface area contributed by atoms with Gasteiger partial charge in [0.05, 0.1) is 9.80 Å². The molecule has 142 valence electrons. The Hall–Kier alpha value is -3.27. The third kappa shape index (κ3) is 5.35. The lowest BCUT2D eigenvalue weighted by molar-refractivity contribution is -0.384. The summed E-state index contributed by atoms with van der Waals surface area (Å²) in [5, 5.41) is 15.1. The normalized spacial score (nSPS) is 11.5. The molecular weight excluding hydrogens is 372 g/mol. The number of nitrogens with one attached hydrogen (secondary N) is 3. The predicted octanol–water partition coefficient (Wildman–Crippen LogP) is 1.87. The number of amides is 3. The fourth-order valence-corrected chi connectivity index (χ4v) is 2.81. The molecule has 1 atom stereocenters. The Labute approximate surface area is 158 Å². The summed E-state index contributed by atoms with van der Waals surface area (Å²) >= 11 is 1.25. The van der Waals surface area contributed by atoms with Crippen LogP contribution in [0.5, 0.6) is 0 Å². The minimum atomic E-state index is -0.870. The molecule has 0 radical (unpaired) electrons. The number of thiophene rings is 1. The zero-order valence-corrected chi connectivity index (χ0v) is 15.4. The quantitative estimate of drug-likeness (QED) is 0.512. The second kappa shape index (κ2) is 8.90. The van der Waals surface area contributed by atoms with Gasteiger partial charge in [-0.25, -0.2) is 0 Å². The highest BCUT2D eigenvalue weighted by Crippen LogP contribution is 2.13. The lowest BCUT2D eigenvalue weighted by Crippen LogP contribution is -2.54. The largest absolute Gasteiger partial charge is 0.339 e. The highest BCUT2D eigenvalue weighted by Gasteiger charge is 2.25. The fourth-order valence-electron chi connectivity index (χ4n) is 2.18. The summed E-state index contributed by atoms with van der Waals surface area (Å²) in [6.07, 6.45) is 0. The predicted molar refractivity (Wildman–Crippen MR) is 99.1 cm³/mol. The molecule has 0 bridgehead atoms. The number of non-ortho nitro benzene ring substituents is 1. The Morgan fingerprint density at radius 3 is 2.41 bits per heavy atom. The van der Waals surface area contributed by atoms with Crippen LogP contribution in [0.3, 0.4) is 0 Å². The van der Waals surface area contributed by atoms with Crippen LogP contribution < -0.4 is 16.2 Å². The topological polar surface area (TPSA) is 130 Å². The minimum absolute atomic E-state index is 0.0215. The standard InChI is InChI=1S/C17H18N4O5S/c1-10(2)14(18-16(23)13-7-4-8-27-13)17(24)20-19-15(22)11-5-3-6-12(9-11)21(25)26/h3-10,14H,1-2H3,(H,18,23)(H,19,22)(H,20,24)/t14-/m0/s1. The van der Waals surface area contributed by atoms with Gasteiger partial charge in [-0.1, -0.05) is 26.0 Å². The van der Waals surface area contributed by atoms with E-state index in [2.05, 4.69) is 16.2 Å². The van der Waals surface area contributed by atoms with Crippen LogP contribution in [0.25, 0.3) is 0 Å². The van der Waals surface area contributed by atoms with Gasteiger partial charge in [-0.05, 0) is 23.4 Å². The van der Waals surface area contributed by atoms with E-state index in [0.29, 0.717) is 4.88 Å². The number of nitro groups is 1. The molecule has 9 nitrogen and oxygen atoms in total. The van der Waals surface area contributed by atoms with E-state index in [1.54, 1.807) is 31.4 Å². The molecule has 0 spiro atoms. The van der Waals surface area contributed by atoms with Gasteiger partial charge >= 0.3 is 0 Å². The van der Waals surface area contributed by atoms with Crippen LogP contribution in [-0.2, 0) is 4.79 Å².